The first kappa shape index (κ1) is 19.3. The number of nitrogens with zero attached hydrogens (tertiary/aromatic N) is 1. The Kier molecular flexibility index (Phi) is 5.76. The quantitative estimate of drug-likeness (QED) is 0.766. The van der Waals surface area contributed by atoms with Crippen molar-refractivity contribution in [3.63, 3.8) is 0 Å². The van der Waals surface area contributed by atoms with Crippen molar-refractivity contribution in [3.05, 3.63) is 65.4 Å². The Labute approximate surface area is 162 Å². The van der Waals surface area contributed by atoms with Crippen LogP contribution in [0.5, 0.6) is 11.5 Å². The lowest BCUT2D eigenvalue weighted by Gasteiger charge is -2.39. The molecule has 3 rings (SSSR count). The number of hydrogen-bond acceptors (Lipinski definition) is 4. The zero-order chi connectivity index (χ0) is 19.4. The van der Waals surface area contributed by atoms with Gasteiger partial charge >= 0.3 is 0 Å². The molecule has 144 valence electrons. The van der Waals surface area contributed by atoms with Crippen LogP contribution in [-0.2, 0) is 6.54 Å². The monoisotopic (exact) mass is 367 g/mol. The third-order valence-corrected chi connectivity index (χ3v) is 4.83. The van der Waals surface area contributed by atoms with Crippen molar-refractivity contribution in [2.24, 2.45) is 0 Å². The second kappa shape index (κ2) is 8.05. The van der Waals surface area contributed by atoms with Crippen LogP contribution in [0.15, 0.2) is 48.7 Å². The fourth-order valence-electron chi connectivity index (χ4n) is 3.19. The Morgan fingerprint density at radius 3 is 2.37 bits per heavy atom. The Hall–Kier alpha value is -2.46. The molecular weight excluding hydrogens is 338 g/mol. The first-order valence-electron chi connectivity index (χ1n) is 9.42. The number of ether oxygens (including phenoxy) is 2. The highest BCUT2D eigenvalue weighted by Crippen LogP contribution is 2.36. The minimum absolute atomic E-state index is 0.0170. The number of benzene rings is 2. The Bertz CT molecular complexity index is 803. The molecule has 0 radical (unpaired) electrons. The van der Waals surface area contributed by atoms with Crippen molar-refractivity contribution >= 4 is 5.57 Å². The van der Waals surface area contributed by atoms with Crippen LogP contribution >= 0.6 is 0 Å². The van der Waals surface area contributed by atoms with E-state index in [0.29, 0.717) is 13.0 Å². The number of aliphatic hydroxyl groups is 1. The summed E-state index contributed by atoms with van der Waals surface area (Å²) in [6.07, 6.45) is 2.90. The molecule has 0 spiro atoms. The highest BCUT2D eigenvalue weighted by molar-refractivity contribution is 5.82. The lowest BCUT2D eigenvalue weighted by molar-refractivity contribution is 0.195. The van der Waals surface area contributed by atoms with E-state index in [2.05, 4.69) is 56.1 Å². The number of hydrogen-bond donors (Lipinski definition) is 1. The second-order valence-electron chi connectivity index (χ2n) is 7.81. The van der Waals surface area contributed by atoms with Gasteiger partial charge in [0.15, 0.2) is 0 Å². The summed E-state index contributed by atoms with van der Waals surface area (Å²) in [5, 5.41) is 8.96. The third-order valence-electron chi connectivity index (χ3n) is 4.83. The van der Waals surface area contributed by atoms with Gasteiger partial charge in [0, 0.05) is 36.9 Å². The molecule has 27 heavy (non-hydrogen) atoms. The SMILES string of the molecule is COc1ccc(C2=CN(C(C)(C)C)Cc3cc(OCCCO)ccc32)cc1. The lowest BCUT2D eigenvalue weighted by Crippen LogP contribution is -2.38. The summed E-state index contributed by atoms with van der Waals surface area (Å²) in [6.45, 7) is 8.19. The van der Waals surface area contributed by atoms with Gasteiger partial charge in [-0.05, 0) is 61.7 Å². The summed E-state index contributed by atoms with van der Waals surface area (Å²) in [4.78, 5) is 2.37. The maximum absolute atomic E-state index is 8.96. The van der Waals surface area contributed by atoms with Crippen LogP contribution in [0.3, 0.4) is 0 Å². The van der Waals surface area contributed by atoms with Crippen LogP contribution in [-0.4, -0.2) is 35.9 Å². The van der Waals surface area contributed by atoms with Crippen molar-refractivity contribution in [2.45, 2.75) is 39.3 Å². The van der Waals surface area contributed by atoms with Crippen molar-refractivity contribution in [1.29, 1.82) is 0 Å². The molecule has 0 bridgehead atoms. The molecule has 0 unspecified atom stereocenters. The van der Waals surface area contributed by atoms with Crippen molar-refractivity contribution in [2.75, 3.05) is 20.3 Å². The lowest BCUT2D eigenvalue weighted by atomic mass is 9.89. The molecule has 0 atom stereocenters. The fraction of sp³-hybridized carbons (Fsp3) is 0.391. The van der Waals surface area contributed by atoms with Crippen LogP contribution in [0.2, 0.25) is 0 Å². The standard InChI is InChI=1S/C23H29NO3/c1-23(2,3)24-15-18-14-20(27-13-5-12-25)10-11-21(18)22(16-24)17-6-8-19(26-4)9-7-17/h6-11,14,16,25H,5,12-13,15H2,1-4H3. The molecule has 2 aromatic rings. The van der Waals surface area contributed by atoms with Crippen molar-refractivity contribution < 1.29 is 14.6 Å². The van der Waals surface area contributed by atoms with Crippen LogP contribution in [0, 0.1) is 0 Å². The molecule has 4 heteroatoms. The molecule has 0 saturated heterocycles. The maximum atomic E-state index is 8.96. The summed E-state index contributed by atoms with van der Waals surface area (Å²) < 4.78 is 11.1. The van der Waals surface area contributed by atoms with Gasteiger partial charge in [-0.15, -0.1) is 0 Å². The van der Waals surface area contributed by atoms with E-state index >= 15 is 0 Å². The van der Waals surface area contributed by atoms with E-state index in [0.717, 1.165) is 18.0 Å². The summed E-state index contributed by atoms with van der Waals surface area (Å²) in [5.74, 6) is 1.71. The Morgan fingerprint density at radius 2 is 1.74 bits per heavy atom. The second-order valence-corrected chi connectivity index (χ2v) is 7.81. The number of rotatable bonds is 6. The van der Waals surface area contributed by atoms with Gasteiger partial charge in [-0.1, -0.05) is 18.2 Å². The molecule has 0 aliphatic carbocycles. The number of fused-ring (bicyclic) bond motifs is 1. The van der Waals surface area contributed by atoms with Crippen LogP contribution < -0.4 is 9.47 Å². The number of aliphatic hydroxyl groups excluding tert-OH is 1. The molecule has 4 nitrogen and oxygen atoms in total. The Morgan fingerprint density at radius 1 is 1.04 bits per heavy atom. The average Bonchev–Trinajstić information content (AvgIpc) is 2.66. The molecule has 2 aromatic carbocycles. The molecule has 0 fully saturated rings. The van der Waals surface area contributed by atoms with E-state index in [1.54, 1.807) is 7.11 Å². The summed E-state index contributed by atoms with van der Waals surface area (Å²) in [6, 6.07) is 14.5. The van der Waals surface area contributed by atoms with Crippen molar-refractivity contribution in [1.82, 2.24) is 4.90 Å². The molecule has 0 amide bonds. The minimum Gasteiger partial charge on any atom is -0.497 e. The van der Waals surface area contributed by atoms with Gasteiger partial charge in [0.05, 0.1) is 13.7 Å². The first-order valence-corrected chi connectivity index (χ1v) is 9.42. The van der Waals surface area contributed by atoms with Gasteiger partial charge in [0.1, 0.15) is 11.5 Å². The van der Waals surface area contributed by atoms with Gasteiger partial charge in [-0.2, -0.15) is 0 Å². The summed E-state index contributed by atoms with van der Waals surface area (Å²) in [5.41, 5.74) is 4.87. The maximum Gasteiger partial charge on any atom is 0.119 e. The van der Waals surface area contributed by atoms with Gasteiger partial charge < -0.3 is 19.5 Å². The summed E-state index contributed by atoms with van der Waals surface area (Å²) in [7, 11) is 1.68. The average molecular weight is 367 g/mol. The van der Waals surface area contributed by atoms with Crippen LogP contribution in [0.25, 0.3) is 5.57 Å². The first-order chi connectivity index (χ1) is 12.9. The predicted molar refractivity (Wildman–Crippen MR) is 109 cm³/mol. The molecule has 0 aromatic heterocycles. The molecule has 1 aliphatic heterocycles. The van der Waals surface area contributed by atoms with Crippen LogP contribution in [0.1, 0.15) is 43.9 Å². The molecule has 1 N–H and O–H groups in total. The van der Waals surface area contributed by atoms with E-state index in [1.807, 2.05) is 18.2 Å². The van der Waals surface area contributed by atoms with Gasteiger partial charge in [-0.3, -0.25) is 0 Å². The van der Waals surface area contributed by atoms with Crippen molar-refractivity contribution in [3.8, 4) is 11.5 Å². The zero-order valence-corrected chi connectivity index (χ0v) is 16.7. The normalized spacial score (nSPS) is 13.8. The number of methoxy groups -OCH3 is 1. The Balaban J connectivity index is 1.99. The van der Waals surface area contributed by atoms with E-state index in [1.165, 1.54) is 22.3 Å². The highest BCUT2D eigenvalue weighted by Gasteiger charge is 2.26. The minimum atomic E-state index is 0.0170. The summed E-state index contributed by atoms with van der Waals surface area (Å²) >= 11 is 0. The fourth-order valence-corrected chi connectivity index (χ4v) is 3.19. The van der Waals surface area contributed by atoms with E-state index in [-0.39, 0.29) is 12.1 Å². The van der Waals surface area contributed by atoms with E-state index in [4.69, 9.17) is 14.6 Å². The predicted octanol–water partition coefficient (Wildman–Crippen LogP) is 4.46. The molecular formula is C23H29NO3. The van der Waals surface area contributed by atoms with Gasteiger partial charge in [0.2, 0.25) is 0 Å². The smallest absolute Gasteiger partial charge is 0.119 e. The topological polar surface area (TPSA) is 41.9 Å². The molecule has 1 heterocycles. The molecule has 1 aliphatic rings. The van der Waals surface area contributed by atoms with E-state index in [9.17, 15) is 0 Å². The molecule has 0 saturated carbocycles. The van der Waals surface area contributed by atoms with Gasteiger partial charge in [-0.25, -0.2) is 0 Å². The highest BCUT2D eigenvalue weighted by atomic mass is 16.5. The largest absolute Gasteiger partial charge is 0.497 e. The zero-order valence-electron chi connectivity index (χ0n) is 16.7. The third kappa shape index (κ3) is 4.45. The van der Waals surface area contributed by atoms with E-state index < -0.39 is 0 Å². The van der Waals surface area contributed by atoms with Crippen LogP contribution in [0.4, 0.5) is 0 Å². The van der Waals surface area contributed by atoms with Gasteiger partial charge in [0.25, 0.3) is 0 Å².